The molecule has 2 fully saturated rings. The van der Waals surface area contributed by atoms with Gasteiger partial charge in [-0.05, 0) is 13.1 Å². The van der Waals surface area contributed by atoms with Crippen LogP contribution < -0.4 is 10.5 Å². The highest BCUT2D eigenvalue weighted by atomic mass is 32.1. The van der Waals surface area contributed by atoms with Crippen LogP contribution in [0.5, 0.6) is 0 Å². The number of amides is 2. The summed E-state index contributed by atoms with van der Waals surface area (Å²) >= 11 is 0.770. The van der Waals surface area contributed by atoms with Crippen molar-refractivity contribution < 1.29 is 27.7 Å². The van der Waals surface area contributed by atoms with Crippen LogP contribution in [0, 0.1) is 10.1 Å². The van der Waals surface area contributed by atoms with Gasteiger partial charge in [0.15, 0.2) is 5.13 Å². The zero-order chi connectivity index (χ0) is 26.9. The number of piperazine rings is 2. The van der Waals surface area contributed by atoms with E-state index in [1.807, 2.05) is 7.05 Å². The zero-order valence-corrected chi connectivity index (χ0v) is 20.8. The van der Waals surface area contributed by atoms with Crippen LogP contribution in [0.1, 0.15) is 18.4 Å². The summed E-state index contributed by atoms with van der Waals surface area (Å²) < 4.78 is 39.3. The number of nitro groups is 1. The first-order chi connectivity index (χ1) is 17.4. The molecule has 1 aromatic heterocycles. The second-order valence-electron chi connectivity index (χ2n) is 8.98. The van der Waals surface area contributed by atoms with E-state index in [-0.39, 0.29) is 60.7 Å². The standard InChI is InChI=1S/C22H25F3N6O5S/c1-27-4-6-28(7-5-27)17(32)2-3-18(33)29-8-10-30(11-9-29)21-26-20(34)15-12-14(22(23,24)25)13-16(31(35)36)19(15)37-21/h12-13H,2-11H2,1H3. The molecule has 2 aliphatic heterocycles. The van der Waals surface area contributed by atoms with Gasteiger partial charge in [-0.3, -0.25) is 24.5 Å². The molecule has 4 rings (SSSR count). The van der Waals surface area contributed by atoms with Gasteiger partial charge in [-0.1, -0.05) is 11.3 Å². The first-order valence-corrected chi connectivity index (χ1v) is 12.4. The summed E-state index contributed by atoms with van der Waals surface area (Å²) in [5.41, 5.74) is -3.09. The highest BCUT2D eigenvalue weighted by Gasteiger charge is 2.34. The molecule has 15 heteroatoms. The van der Waals surface area contributed by atoms with Gasteiger partial charge in [0.25, 0.3) is 11.2 Å². The van der Waals surface area contributed by atoms with Crippen molar-refractivity contribution in [3.05, 3.63) is 38.2 Å². The van der Waals surface area contributed by atoms with Gasteiger partial charge >= 0.3 is 6.18 Å². The van der Waals surface area contributed by atoms with Crippen molar-refractivity contribution in [2.75, 3.05) is 64.3 Å². The highest BCUT2D eigenvalue weighted by Crippen LogP contribution is 2.38. The highest BCUT2D eigenvalue weighted by molar-refractivity contribution is 7.22. The maximum Gasteiger partial charge on any atom is 0.416 e. The normalized spacial score (nSPS) is 17.4. The Morgan fingerprint density at radius 2 is 1.54 bits per heavy atom. The molecule has 2 aromatic rings. The van der Waals surface area contributed by atoms with Gasteiger partial charge in [0.05, 0.1) is 15.9 Å². The van der Waals surface area contributed by atoms with Crippen LogP contribution in [-0.2, 0) is 15.8 Å². The number of aromatic nitrogens is 1. The maximum absolute atomic E-state index is 13.2. The van der Waals surface area contributed by atoms with E-state index in [2.05, 4.69) is 9.88 Å². The van der Waals surface area contributed by atoms with Gasteiger partial charge in [0.2, 0.25) is 11.8 Å². The smallest absolute Gasteiger partial charge is 0.344 e. The number of rotatable bonds is 5. The third kappa shape index (κ3) is 5.98. The van der Waals surface area contributed by atoms with E-state index in [4.69, 9.17) is 0 Å². The number of anilines is 1. The van der Waals surface area contributed by atoms with Gasteiger partial charge in [0, 0.05) is 71.3 Å². The number of carbonyl (C=O) groups is 2. The third-order valence-electron chi connectivity index (χ3n) is 6.53. The fourth-order valence-corrected chi connectivity index (χ4v) is 5.43. The number of alkyl halides is 3. The number of hydrogen-bond donors (Lipinski definition) is 0. The topological polar surface area (TPSA) is 120 Å². The summed E-state index contributed by atoms with van der Waals surface area (Å²) in [5, 5.41) is 11.1. The van der Waals surface area contributed by atoms with E-state index in [0.29, 0.717) is 25.2 Å². The first kappa shape index (κ1) is 26.7. The van der Waals surface area contributed by atoms with E-state index in [0.717, 1.165) is 24.4 Å². The molecule has 2 amide bonds. The Kier molecular flexibility index (Phi) is 7.64. The number of non-ortho nitro benzene ring substituents is 1. The summed E-state index contributed by atoms with van der Waals surface area (Å²) in [6, 6.07) is 1.00. The number of likely N-dealkylation sites (N-methyl/N-ethyl adjacent to an activating group) is 1. The average Bonchev–Trinajstić information content (AvgIpc) is 2.86. The number of halogens is 3. The number of carbonyl (C=O) groups excluding carboxylic acids is 2. The van der Waals surface area contributed by atoms with Crippen molar-refractivity contribution in [2.24, 2.45) is 0 Å². The van der Waals surface area contributed by atoms with E-state index < -0.39 is 33.3 Å². The molecule has 0 unspecified atom stereocenters. The van der Waals surface area contributed by atoms with Crippen molar-refractivity contribution in [1.29, 1.82) is 0 Å². The fourth-order valence-electron chi connectivity index (χ4n) is 4.31. The monoisotopic (exact) mass is 542 g/mol. The van der Waals surface area contributed by atoms with Gasteiger partial charge < -0.3 is 19.6 Å². The van der Waals surface area contributed by atoms with Gasteiger partial charge in [0.1, 0.15) is 4.70 Å². The number of fused-ring (bicyclic) bond motifs is 1. The van der Waals surface area contributed by atoms with Crippen molar-refractivity contribution >= 4 is 44.1 Å². The molecule has 3 heterocycles. The predicted octanol–water partition coefficient (Wildman–Crippen LogP) is 1.79. The quantitative estimate of drug-likeness (QED) is 0.414. The minimum atomic E-state index is -4.85. The molecule has 2 saturated heterocycles. The lowest BCUT2D eigenvalue weighted by Gasteiger charge is -2.35. The molecule has 11 nitrogen and oxygen atoms in total. The molecular formula is C22H25F3N6O5S. The molecule has 0 bridgehead atoms. The molecule has 37 heavy (non-hydrogen) atoms. The molecule has 0 radical (unpaired) electrons. The lowest BCUT2D eigenvalue weighted by molar-refractivity contribution is -0.383. The molecule has 0 aliphatic carbocycles. The predicted molar refractivity (Wildman–Crippen MR) is 130 cm³/mol. The molecule has 0 atom stereocenters. The molecule has 1 aromatic carbocycles. The maximum atomic E-state index is 13.2. The van der Waals surface area contributed by atoms with E-state index in [9.17, 15) is 37.7 Å². The van der Waals surface area contributed by atoms with Gasteiger partial charge in [-0.2, -0.15) is 18.2 Å². The van der Waals surface area contributed by atoms with E-state index in [1.165, 1.54) is 0 Å². The minimum Gasteiger partial charge on any atom is -0.344 e. The van der Waals surface area contributed by atoms with Crippen LogP contribution in [0.3, 0.4) is 0 Å². The second-order valence-corrected chi connectivity index (χ2v) is 9.96. The van der Waals surface area contributed by atoms with Crippen molar-refractivity contribution in [3.63, 3.8) is 0 Å². The lowest BCUT2D eigenvalue weighted by Crippen LogP contribution is -2.49. The number of nitrogens with zero attached hydrogens (tertiary/aromatic N) is 6. The number of hydrogen-bond acceptors (Lipinski definition) is 9. The molecule has 200 valence electrons. The van der Waals surface area contributed by atoms with Crippen molar-refractivity contribution in [3.8, 4) is 0 Å². The van der Waals surface area contributed by atoms with E-state index >= 15 is 0 Å². The summed E-state index contributed by atoms with van der Waals surface area (Å²) in [7, 11) is 1.99. The van der Waals surface area contributed by atoms with Crippen LogP contribution in [-0.4, -0.2) is 95.8 Å². The van der Waals surface area contributed by atoms with Crippen LogP contribution in [0.25, 0.3) is 10.1 Å². The first-order valence-electron chi connectivity index (χ1n) is 11.6. The van der Waals surface area contributed by atoms with E-state index in [1.54, 1.807) is 14.7 Å². The Labute approximate surface area is 213 Å². The zero-order valence-electron chi connectivity index (χ0n) is 20.0. The molecule has 0 N–H and O–H groups in total. The Hall–Kier alpha value is -3.33. The van der Waals surface area contributed by atoms with Crippen molar-refractivity contribution in [2.45, 2.75) is 19.0 Å². The Morgan fingerprint density at radius 1 is 1.00 bits per heavy atom. The SMILES string of the molecule is CN1CCN(C(=O)CCC(=O)N2CCN(c3nc(=O)c4cc(C(F)(F)F)cc([N+](=O)[O-])c4s3)CC2)CC1. The average molecular weight is 543 g/mol. The lowest BCUT2D eigenvalue weighted by atomic mass is 10.1. The fraction of sp³-hybridized carbons (Fsp3) is 0.545. The number of benzene rings is 1. The van der Waals surface area contributed by atoms with Crippen LogP contribution in [0.4, 0.5) is 24.0 Å². The summed E-state index contributed by atoms with van der Waals surface area (Å²) in [5.74, 6) is -0.224. The summed E-state index contributed by atoms with van der Waals surface area (Å²) in [6.07, 6.45) is -4.65. The second kappa shape index (κ2) is 10.6. The largest absolute Gasteiger partial charge is 0.416 e. The molecule has 2 aliphatic rings. The Balaban J connectivity index is 1.42. The molecule has 0 spiro atoms. The molecule has 0 saturated carbocycles. The Bertz CT molecular complexity index is 1270. The Morgan fingerprint density at radius 3 is 2.05 bits per heavy atom. The van der Waals surface area contributed by atoms with Crippen LogP contribution in [0.2, 0.25) is 0 Å². The number of nitro benzene ring substituents is 1. The van der Waals surface area contributed by atoms with Gasteiger partial charge in [-0.15, -0.1) is 0 Å². The molecular weight excluding hydrogens is 517 g/mol. The van der Waals surface area contributed by atoms with Crippen molar-refractivity contribution in [1.82, 2.24) is 19.7 Å². The summed E-state index contributed by atoms with van der Waals surface area (Å²) in [6.45, 7) is 4.00. The summed E-state index contributed by atoms with van der Waals surface area (Å²) in [4.78, 5) is 59.2. The van der Waals surface area contributed by atoms with Crippen LogP contribution in [0.15, 0.2) is 16.9 Å². The third-order valence-corrected chi connectivity index (χ3v) is 7.69. The van der Waals surface area contributed by atoms with Crippen LogP contribution >= 0.6 is 11.3 Å². The minimum absolute atomic E-state index is 0.0551. The van der Waals surface area contributed by atoms with Gasteiger partial charge in [-0.25, -0.2) is 0 Å².